The molecule has 0 aromatic carbocycles. The summed E-state index contributed by atoms with van der Waals surface area (Å²) in [5, 5.41) is 7.54. The lowest BCUT2D eigenvalue weighted by Gasteiger charge is -2.56. The number of rotatable bonds is 5. The van der Waals surface area contributed by atoms with Gasteiger partial charge in [0.2, 0.25) is 0 Å². The van der Waals surface area contributed by atoms with Crippen LogP contribution in [0.5, 0.6) is 0 Å². The fourth-order valence-electron chi connectivity index (χ4n) is 5.66. The van der Waals surface area contributed by atoms with Gasteiger partial charge in [0.1, 0.15) is 6.04 Å². The van der Waals surface area contributed by atoms with Gasteiger partial charge in [0, 0.05) is 5.54 Å². The first-order valence-electron chi connectivity index (χ1n) is 9.50. The zero-order chi connectivity index (χ0) is 17.4. The standard InChI is InChI=1S/C19H27N3O3/c1-12(16-3-2-4-25-16)20-11-17(23)21-18(24)22-19-8-13-5-14(9-19)7-15(6-13)10-19/h2-4,12-15,20H,5-11H2,1H3,(H2,21,22,23,24)/p+1/t12-,13?,14?,15?,19?/m0/s1. The van der Waals surface area contributed by atoms with Crippen LogP contribution in [-0.2, 0) is 4.79 Å². The van der Waals surface area contributed by atoms with E-state index in [1.165, 1.54) is 19.3 Å². The maximum absolute atomic E-state index is 12.3. The molecule has 5 rings (SSSR count). The highest BCUT2D eigenvalue weighted by Crippen LogP contribution is 2.55. The van der Waals surface area contributed by atoms with E-state index in [1.807, 2.05) is 24.4 Å². The van der Waals surface area contributed by atoms with Gasteiger partial charge >= 0.3 is 6.03 Å². The van der Waals surface area contributed by atoms with Crippen molar-refractivity contribution < 1.29 is 19.3 Å². The lowest BCUT2D eigenvalue weighted by Crippen LogP contribution is -2.87. The van der Waals surface area contributed by atoms with Crippen molar-refractivity contribution in [1.82, 2.24) is 10.6 Å². The minimum absolute atomic E-state index is 0.0481. The van der Waals surface area contributed by atoms with Crippen LogP contribution in [-0.4, -0.2) is 24.0 Å². The molecule has 0 aliphatic heterocycles. The third-order valence-electron chi connectivity index (χ3n) is 6.32. The van der Waals surface area contributed by atoms with Gasteiger partial charge in [-0.2, -0.15) is 0 Å². The van der Waals surface area contributed by atoms with Crippen LogP contribution in [0.15, 0.2) is 22.8 Å². The van der Waals surface area contributed by atoms with Crippen LogP contribution in [0.3, 0.4) is 0 Å². The van der Waals surface area contributed by atoms with Gasteiger partial charge in [0.15, 0.2) is 12.3 Å². The van der Waals surface area contributed by atoms with E-state index in [0.29, 0.717) is 0 Å². The molecule has 0 spiro atoms. The lowest BCUT2D eigenvalue weighted by atomic mass is 9.53. The zero-order valence-electron chi connectivity index (χ0n) is 14.8. The predicted molar refractivity (Wildman–Crippen MR) is 91.5 cm³/mol. The predicted octanol–water partition coefficient (Wildman–Crippen LogP) is 1.70. The number of nitrogens with two attached hydrogens (primary N) is 1. The number of nitrogens with one attached hydrogen (secondary N) is 2. The van der Waals surface area contributed by atoms with Crippen molar-refractivity contribution in [1.29, 1.82) is 0 Å². The van der Waals surface area contributed by atoms with Gasteiger partial charge in [-0.3, -0.25) is 10.1 Å². The summed E-state index contributed by atoms with van der Waals surface area (Å²) in [6, 6.07) is 3.44. The Labute approximate surface area is 148 Å². The summed E-state index contributed by atoms with van der Waals surface area (Å²) in [4.78, 5) is 24.4. The molecular formula is C19H28N3O3+. The SMILES string of the molecule is C[C@H]([NH2+]CC(=O)NC(=O)NC12CC3CC(CC(C3)C1)C2)c1ccco1. The van der Waals surface area contributed by atoms with Crippen LogP contribution < -0.4 is 16.0 Å². The number of imide groups is 1. The van der Waals surface area contributed by atoms with Crippen LogP contribution in [0.25, 0.3) is 0 Å². The number of hydrogen-bond acceptors (Lipinski definition) is 3. The van der Waals surface area contributed by atoms with E-state index in [1.54, 1.807) is 6.26 Å². The second-order valence-electron chi connectivity index (χ2n) is 8.44. The Morgan fingerprint density at radius 3 is 2.44 bits per heavy atom. The first-order chi connectivity index (χ1) is 12.0. The van der Waals surface area contributed by atoms with Crippen LogP contribution in [0.4, 0.5) is 4.79 Å². The highest BCUT2D eigenvalue weighted by Gasteiger charge is 2.51. The van der Waals surface area contributed by atoms with Crippen molar-refractivity contribution in [2.24, 2.45) is 17.8 Å². The third-order valence-corrected chi connectivity index (χ3v) is 6.32. The van der Waals surface area contributed by atoms with Gasteiger partial charge in [0.05, 0.1) is 6.26 Å². The summed E-state index contributed by atoms with van der Waals surface area (Å²) < 4.78 is 5.33. The second-order valence-corrected chi connectivity index (χ2v) is 8.44. The van der Waals surface area contributed by atoms with Gasteiger partial charge in [0.25, 0.3) is 5.91 Å². The Kier molecular flexibility index (Phi) is 4.31. The molecule has 4 N–H and O–H groups in total. The first kappa shape index (κ1) is 16.6. The van der Waals surface area contributed by atoms with E-state index in [9.17, 15) is 9.59 Å². The molecule has 4 saturated carbocycles. The van der Waals surface area contributed by atoms with Gasteiger partial charge < -0.3 is 15.1 Å². The zero-order valence-corrected chi connectivity index (χ0v) is 14.8. The van der Waals surface area contributed by atoms with Gasteiger partial charge in [-0.1, -0.05) is 0 Å². The van der Waals surface area contributed by atoms with Crippen molar-refractivity contribution in [2.75, 3.05) is 6.54 Å². The molecule has 0 unspecified atom stereocenters. The maximum atomic E-state index is 12.3. The van der Waals surface area contributed by atoms with Gasteiger partial charge in [-0.15, -0.1) is 0 Å². The Balaban J connectivity index is 1.25. The molecule has 1 aromatic heterocycles. The van der Waals surface area contributed by atoms with E-state index in [2.05, 4.69) is 10.6 Å². The molecular weight excluding hydrogens is 318 g/mol. The van der Waals surface area contributed by atoms with Gasteiger partial charge in [-0.05, 0) is 75.3 Å². The Hall–Kier alpha value is -1.82. The Bertz CT molecular complexity index is 605. The van der Waals surface area contributed by atoms with E-state index in [-0.39, 0.29) is 30.1 Å². The molecule has 4 bridgehead atoms. The quantitative estimate of drug-likeness (QED) is 0.758. The number of urea groups is 1. The van der Waals surface area contributed by atoms with Crippen molar-refractivity contribution in [3.05, 3.63) is 24.2 Å². The Morgan fingerprint density at radius 2 is 1.88 bits per heavy atom. The summed E-state index contributed by atoms with van der Waals surface area (Å²) in [7, 11) is 0. The second kappa shape index (κ2) is 6.48. The van der Waals surface area contributed by atoms with Crippen LogP contribution >= 0.6 is 0 Å². The molecule has 1 aromatic rings. The molecule has 1 heterocycles. The number of furan rings is 1. The molecule has 136 valence electrons. The summed E-state index contributed by atoms with van der Waals surface area (Å²) in [6.45, 7) is 2.18. The third kappa shape index (κ3) is 3.59. The topological polar surface area (TPSA) is 88.0 Å². The van der Waals surface area contributed by atoms with E-state index in [0.717, 1.165) is 42.8 Å². The van der Waals surface area contributed by atoms with Crippen LogP contribution in [0, 0.1) is 17.8 Å². The molecule has 1 atom stereocenters. The average Bonchev–Trinajstić information content (AvgIpc) is 3.05. The largest absolute Gasteiger partial charge is 0.463 e. The molecule has 6 heteroatoms. The molecule has 6 nitrogen and oxygen atoms in total. The minimum atomic E-state index is -0.328. The monoisotopic (exact) mass is 346 g/mol. The van der Waals surface area contributed by atoms with Crippen molar-refractivity contribution in [2.45, 2.75) is 57.0 Å². The summed E-state index contributed by atoms with van der Waals surface area (Å²) in [5.41, 5.74) is -0.0652. The first-order valence-corrected chi connectivity index (χ1v) is 9.50. The number of carbonyl (C=O) groups is 2. The van der Waals surface area contributed by atoms with Crippen molar-refractivity contribution in [3.63, 3.8) is 0 Å². The fraction of sp³-hybridized carbons (Fsp3) is 0.684. The highest BCUT2D eigenvalue weighted by molar-refractivity contribution is 5.95. The molecule has 4 fully saturated rings. The highest BCUT2D eigenvalue weighted by atomic mass is 16.3. The molecule has 3 amide bonds. The fourth-order valence-corrected chi connectivity index (χ4v) is 5.66. The maximum Gasteiger partial charge on any atom is 0.322 e. The number of amides is 3. The molecule has 4 aliphatic rings. The van der Waals surface area contributed by atoms with Crippen LogP contribution in [0.2, 0.25) is 0 Å². The number of carbonyl (C=O) groups excluding carboxylic acids is 2. The molecule has 4 aliphatic carbocycles. The van der Waals surface area contributed by atoms with E-state index in [4.69, 9.17) is 4.42 Å². The van der Waals surface area contributed by atoms with Gasteiger partial charge in [-0.25, -0.2) is 4.79 Å². The molecule has 0 radical (unpaired) electrons. The van der Waals surface area contributed by atoms with Crippen LogP contribution in [0.1, 0.15) is 57.3 Å². The normalized spacial score (nSPS) is 33.9. The number of hydrogen-bond donors (Lipinski definition) is 3. The van der Waals surface area contributed by atoms with Crippen molar-refractivity contribution in [3.8, 4) is 0 Å². The van der Waals surface area contributed by atoms with Crippen molar-refractivity contribution >= 4 is 11.9 Å². The molecule has 25 heavy (non-hydrogen) atoms. The molecule has 0 saturated heterocycles. The minimum Gasteiger partial charge on any atom is -0.463 e. The Morgan fingerprint density at radius 1 is 1.24 bits per heavy atom. The lowest BCUT2D eigenvalue weighted by molar-refractivity contribution is -0.684. The summed E-state index contributed by atoms with van der Waals surface area (Å²) in [6.07, 6.45) is 8.88. The van der Waals surface area contributed by atoms with E-state index < -0.39 is 0 Å². The summed E-state index contributed by atoms with van der Waals surface area (Å²) in [5.74, 6) is 2.87. The van der Waals surface area contributed by atoms with E-state index >= 15 is 0 Å². The summed E-state index contributed by atoms with van der Waals surface area (Å²) >= 11 is 0. The number of quaternary nitrogens is 1. The smallest absolute Gasteiger partial charge is 0.322 e. The average molecular weight is 346 g/mol.